The number of ether oxygens (including phenoxy) is 5. The molecule has 14 N–H and O–H groups in total. The van der Waals surface area contributed by atoms with Crippen molar-refractivity contribution < 1.29 is 102 Å². The van der Waals surface area contributed by atoms with Crippen LogP contribution in [0.15, 0.2) is 72.8 Å². The summed E-state index contributed by atoms with van der Waals surface area (Å²) in [6.07, 6.45) is 32.6. The number of aliphatic hydroxyl groups excluding tert-OH is 2. The molecule has 18 atom stereocenters. The number of phenols is 1. The summed E-state index contributed by atoms with van der Waals surface area (Å²) in [5.41, 5.74) is 16.6. The van der Waals surface area contributed by atoms with E-state index in [0.29, 0.717) is 61.1 Å². The maximum absolute atomic E-state index is 13.4. The van der Waals surface area contributed by atoms with E-state index >= 15 is 0 Å². The number of amides is 7. The lowest BCUT2D eigenvalue weighted by Gasteiger charge is -2.49. The molecular formula is C101H152N8O21S4. The Bertz CT molecular complexity index is 4530. The Kier molecular flexibility index (Phi) is 46.4. The second kappa shape index (κ2) is 55.2. The largest absolute Gasteiger partial charge is 0.513 e. The summed E-state index contributed by atoms with van der Waals surface area (Å²) in [6, 6.07) is 22.6. The minimum Gasteiger partial charge on any atom is -0.508 e. The van der Waals surface area contributed by atoms with Gasteiger partial charge in [-0.05, 0) is 274 Å². The number of aliphatic carboxylic acids is 2. The third kappa shape index (κ3) is 31.8. The first-order valence-corrected chi connectivity index (χ1v) is 53.2. The van der Waals surface area contributed by atoms with Crippen LogP contribution >= 0.6 is 47.0 Å². The van der Waals surface area contributed by atoms with E-state index in [0.717, 1.165) is 130 Å². The van der Waals surface area contributed by atoms with Gasteiger partial charge >= 0.3 is 18.1 Å². The van der Waals surface area contributed by atoms with E-state index in [1.165, 1.54) is 131 Å². The van der Waals surface area contributed by atoms with Crippen LogP contribution in [0, 0.1) is 23.7 Å². The molecule has 4 aromatic carbocycles. The Morgan fingerprint density at radius 2 is 0.754 bits per heavy atom. The molecule has 8 aliphatic carbocycles. The topological polar surface area (TPSA) is 445 Å². The standard InChI is InChI=1S/C26H38N2O5S.C24H36N2O3S.C23H34N2O3S.C17H25NO.C7H13NO3S.C4H6O6/c1-5-32-25(31)33-20-11-10-18-15-19-9-7-6-8-13-26(3,21(18)16-20)23(19)28-24(30)22(12-14-34-4)27-17(2)29;1-16(27)25-21(11-13-30-4)23(28)26-22-18-8-6-5-7-12-24(22,2)20-15-19(29-3)10-9-17(20)14-18;1-15(26)24-20(10-12-29-3)22(28)25-21-17-7-5-4-6-11-23(21,2)19-14-18(27)9-8-16(19)13-17;1-17-9-5-3-4-6-13(16(17)18)10-12-7-8-14(19-2)11-15(12)17;1-5(9)8-6(7(10)11)3-4-12-2;5-1-10-4(9)2(6)3(7)8/h10-11,16,19,22-23H,5-9,12-15H2,1-4H3,(H,27,29)(H,28,30);9-10,15,18,21-22H,5-8,11-14H2,1-4H3,(H,25,27)(H,26,28);8-9,14,17,20-21,27H,4-7,10-13H2,1-3H3,(H,24,26)(H,25,28);7-8,11,13,16H,3-6,9-10,18H2,1-2H3;6H,3-4H2,1-2H3,(H,8,9)(H,10,11);1-2,4,6,9H,(H,7,8)/t19-,22-,23-,26+;18-,21-,22-,24+;17-,20-,21-,23+;13-,16-,17+;6-;2-,4-/m000011/s1. The number of carbonyl (C=O) groups is 11. The molecule has 0 radical (unpaired) electrons. The number of thioether (sulfide) groups is 4. The molecule has 29 nitrogen and oxygen atoms in total. The van der Waals surface area contributed by atoms with Crippen LogP contribution in [0.2, 0.25) is 0 Å². The fourth-order valence-corrected chi connectivity index (χ4v) is 23.3. The smallest absolute Gasteiger partial charge is 0.508 e. The summed E-state index contributed by atoms with van der Waals surface area (Å²) in [5.74, 6) is 3.82. The van der Waals surface area contributed by atoms with Crippen molar-refractivity contribution in [3.8, 4) is 23.0 Å². The van der Waals surface area contributed by atoms with Crippen LogP contribution < -0.4 is 57.2 Å². The number of nitrogens with two attached hydrogens (primary N) is 1. The molecule has 12 rings (SSSR count). The number of carbonyl (C=O) groups excluding carboxylic acids is 9. The number of hydrogen-bond acceptors (Lipinski definition) is 24. The van der Waals surface area contributed by atoms with Crippen LogP contribution in [0.5, 0.6) is 23.0 Å². The predicted molar refractivity (Wildman–Crippen MR) is 529 cm³/mol. The molecule has 4 fully saturated rings. The van der Waals surface area contributed by atoms with Gasteiger partial charge in [0.25, 0.3) is 6.47 Å². The van der Waals surface area contributed by atoms with Gasteiger partial charge in [0.05, 0.1) is 20.8 Å². The van der Waals surface area contributed by atoms with Gasteiger partial charge in [-0.3, -0.25) is 38.4 Å². The highest BCUT2D eigenvalue weighted by Crippen LogP contribution is 2.52. The van der Waals surface area contributed by atoms with Crippen molar-refractivity contribution in [2.24, 2.45) is 29.4 Å². The highest BCUT2D eigenvalue weighted by molar-refractivity contribution is 7.99. The van der Waals surface area contributed by atoms with Crippen LogP contribution in [0.3, 0.4) is 0 Å². The number of phenolic OH excluding ortho intramolecular Hbond substituents is 1. The van der Waals surface area contributed by atoms with Gasteiger partial charge < -0.3 is 92.2 Å². The fourth-order valence-electron chi connectivity index (χ4n) is 21.4. The predicted octanol–water partition coefficient (Wildman–Crippen LogP) is 13.4. The van der Waals surface area contributed by atoms with Gasteiger partial charge in [-0.2, -0.15) is 47.0 Å². The number of hydrogen-bond donors (Lipinski definition) is 13. The summed E-state index contributed by atoms with van der Waals surface area (Å²) in [5, 5.41) is 64.6. The van der Waals surface area contributed by atoms with Gasteiger partial charge in [-0.1, -0.05) is 129 Å². The van der Waals surface area contributed by atoms with Crippen molar-refractivity contribution in [2.75, 3.05) is 68.9 Å². The lowest BCUT2D eigenvalue weighted by atomic mass is 9.59. The molecule has 746 valence electrons. The monoisotopic (exact) mass is 1940 g/mol. The molecule has 0 unspecified atom stereocenters. The van der Waals surface area contributed by atoms with Gasteiger partial charge in [-0.25, -0.2) is 14.4 Å². The zero-order valence-electron chi connectivity index (χ0n) is 81.4. The highest BCUT2D eigenvalue weighted by Gasteiger charge is 2.52. The molecule has 4 saturated carbocycles. The SMILES string of the molecule is CCOC(=O)Oc1ccc2c(c1)[C@@]1(C)CCCCC[C@@H](C2)[C@@H]1NC(=O)[C@H](CCSC)NC(C)=O.COc1ccc2c(c1)[C@@]1(C)CCCCC[C@@H](C2)[C@@H]1N.COc1ccc2c(c1)[C@@]1(C)CCCCC[C@@H](C2)[C@@H]1NC(=O)[C@H](CCSC)NC(C)=O.CSCC[C@@H](NC(C)=O)C(=O)O.CSCC[C@H](NC(C)=O)C(=O)N[C@H]1[C@H]2CCCCC[C@]1(C)c1cc(O)ccc1C2.O=CO[C@@H](O)[C@H](O)C(=O)O. The normalized spacial score (nSPS) is 25.1. The van der Waals surface area contributed by atoms with E-state index in [2.05, 4.69) is 106 Å². The fraction of sp³-hybridized carbons (Fsp3) is 0.653. The Morgan fingerprint density at radius 3 is 1.09 bits per heavy atom. The van der Waals surface area contributed by atoms with Gasteiger partial charge in [0.2, 0.25) is 53.7 Å². The minimum atomic E-state index is -2.09. The van der Waals surface area contributed by atoms with E-state index in [9.17, 15) is 57.8 Å². The quantitative estimate of drug-likeness (QED) is 0.00963. The molecule has 0 aromatic heterocycles. The first-order chi connectivity index (χ1) is 63.8. The van der Waals surface area contributed by atoms with Crippen molar-refractivity contribution >= 4 is 113 Å². The van der Waals surface area contributed by atoms with E-state index in [4.69, 9.17) is 45.1 Å². The summed E-state index contributed by atoms with van der Waals surface area (Å²) in [6.45, 7) is 16.7. The van der Waals surface area contributed by atoms with Crippen LogP contribution in [0.1, 0.15) is 261 Å². The van der Waals surface area contributed by atoms with Crippen LogP contribution in [0.4, 0.5) is 4.79 Å². The van der Waals surface area contributed by atoms with Crippen molar-refractivity contribution in [1.82, 2.24) is 37.2 Å². The van der Waals surface area contributed by atoms with Crippen LogP contribution in [-0.4, -0.2) is 221 Å². The first-order valence-electron chi connectivity index (χ1n) is 47.6. The number of aromatic hydroxyl groups is 1. The van der Waals surface area contributed by atoms with Crippen molar-refractivity contribution in [3.63, 3.8) is 0 Å². The Hall–Kier alpha value is -8.47. The number of carboxylic acids is 2. The lowest BCUT2D eigenvalue weighted by Crippen LogP contribution is -2.60. The maximum atomic E-state index is 13.4. The molecule has 33 heteroatoms. The van der Waals surface area contributed by atoms with Crippen LogP contribution in [-0.2, 0) is 105 Å². The van der Waals surface area contributed by atoms with Gasteiger partial charge in [-0.15, -0.1) is 0 Å². The Balaban J connectivity index is 0.000000229. The number of nitrogens with one attached hydrogen (secondary N) is 7. The number of rotatable bonds is 31. The third-order valence-electron chi connectivity index (χ3n) is 28.3. The molecule has 0 spiro atoms. The van der Waals surface area contributed by atoms with Gasteiger partial charge in [0.1, 0.15) is 47.2 Å². The van der Waals surface area contributed by atoms with Crippen molar-refractivity contribution in [3.05, 3.63) is 117 Å². The van der Waals surface area contributed by atoms with Crippen LogP contribution in [0.25, 0.3) is 0 Å². The molecule has 0 saturated heterocycles. The number of benzene rings is 4. The molecule has 0 heterocycles. The number of aliphatic hydroxyl groups is 2. The Labute approximate surface area is 810 Å². The van der Waals surface area contributed by atoms with Crippen molar-refractivity contribution in [2.45, 2.75) is 324 Å². The molecule has 134 heavy (non-hydrogen) atoms. The molecule has 7 amide bonds. The average molecular weight is 1940 g/mol. The zero-order chi connectivity index (χ0) is 98.6. The third-order valence-corrected chi connectivity index (χ3v) is 30.9. The maximum Gasteiger partial charge on any atom is 0.513 e. The average Bonchev–Trinajstić information content (AvgIpc) is 0.760. The summed E-state index contributed by atoms with van der Waals surface area (Å²) < 4.78 is 25.0. The molecular weight excluding hydrogens is 1790 g/mol. The van der Waals surface area contributed by atoms with Crippen molar-refractivity contribution in [1.29, 1.82) is 0 Å². The van der Waals surface area contributed by atoms with Gasteiger partial charge in [0.15, 0.2) is 0 Å². The lowest BCUT2D eigenvalue weighted by molar-refractivity contribution is -0.185. The molecule has 0 aliphatic heterocycles. The second-order valence-corrected chi connectivity index (χ2v) is 41.7. The van der Waals surface area contributed by atoms with E-state index in [-0.39, 0.29) is 100.0 Å². The van der Waals surface area contributed by atoms with Gasteiger partial charge in [0, 0.05) is 73.5 Å². The Morgan fingerprint density at radius 1 is 0.440 bits per heavy atom. The zero-order valence-corrected chi connectivity index (χ0v) is 84.7. The van der Waals surface area contributed by atoms with E-state index < -0.39 is 54.7 Å². The summed E-state index contributed by atoms with van der Waals surface area (Å²) in [7, 11) is 3.45. The number of fused-ring (bicyclic) bond motifs is 16. The first kappa shape index (κ1) is 113. The second-order valence-electron chi connectivity index (χ2n) is 37.8. The summed E-state index contributed by atoms with van der Waals surface area (Å²) in [4.78, 5) is 127. The molecule has 8 aliphatic rings. The highest BCUT2D eigenvalue weighted by atomic mass is 32.2. The summed E-state index contributed by atoms with van der Waals surface area (Å²) >= 11 is 6.59. The van der Waals surface area contributed by atoms with E-state index in [1.54, 1.807) is 74.3 Å². The number of carboxylic acid groups (broad SMARTS) is 2. The number of methoxy groups -OCH3 is 2. The minimum absolute atomic E-state index is 0.00939. The molecule has 8 bridgehead atoms. The molecule has 4 aromatic rings. The van der Waals surface area contributed by atoms with E-state index in [1.807, 2.05) is 55.4 Å².